The van der Waals surface area contributed by atoms with Gasteiger partial charge in [0.1, 0.15) is 17.4 Å². The summed E-state index contributed by atoms with van der Waals surface area (Å²) in [6, 6.07) is 14.2. The van der Waals surface area contributed by atoms with Gasteiger partial charge in [-0.1, -0.05) is 18.2 Å². The van der Waals surface area contributed by atoms with Crippen LogP contribution in [-0.2, 0) is 11.2 Å². The van der Waals surface area contributed by atoms with Crippen molar-refractivity contribution in [2.45, 2.75) is 12.5 Å². The number of carboxylic acid groups (broad SMARTS) is 1. The Bertz CT molecular complexity index is 1520. The van der Waals surface area contributed by atoms with Crippen molar-refractivity contribution in [3.8, 4) is 11.6 Å². The fourth-order valence-corrected chi connectivity index (χ4v) is 3.77. The molecule has 35 heavy (non-hydrogen) atoms. The summed E-state index contributed by atoms with van der Waals surface area (Å²) in [5.41, 5.74) is 8.45. The first-order valence-electron chi connectivity index (χ1n) is 10.7. The second-order valence-corrected chi connectivity index (χ2v) is 7.81. The zero-order valence-corrected chi connectivity index (χ0v) is 18.3. The highest BCUT2D eigenvalue weighted by Gasteiger charge is 2.22. The van der Waals surface area contributed by atoms with Crippen LogP contribution in [0, 0.1) is 0 Å². The summed E-state index contributed by atoms with van der Waals surface area (Å²) in [5, 5.41) is 16.4. The number of para-hydroxylation sites is 1. The van der Waals surface area contributed by atoms with Crippen LogP contribution in [-0.4, -0.2) is 43.1 Å². The number of hydrogen-bond acceptors (Lipinski definition) is 6. The number of aromatic amines is 2. The largest absolute Gasteiger partial charge is 0.480 e. The van der Waals surface area contributed by atoms with Gasteiger partial charge >= 0.3 is 12.0 Å². The molecule has 0 fully saturated rings. The van der Waals surface area contributed by atoms with E-state index in [0.29, 0.717) is 28.4 Å². The number of hydrogen-bond donors (Lipinski definition) is 6. The van der Waals surface area contributed by atoms with Crippen LogP contribution in [0.15, 0.2) is 67.0 Å². The molecule has 3 aromatic heterocycles. The first-order valence-corrected chi connectivity index (χ1v) is 10.7. The summed E-state index contributed by atoms with van der Waals surface area (Å²) >= 11 is 0. The minimum absolute atomic E-state index is 0.0746. The molecule has 7 N–H and O–H groups in total. The van der Waals surface area contributed by atoms with Crippen molar-refractivity contribution in [1.82, 2.24) is 25.3 Å². The Labute approximate surface area is 198 Å². The molecule has 0 saturated carbocycles. The predicted octanol–water partition coefficient (Wildman–Crippen LogP) is 3.63. The van der Waals surface area contributed by atoms with Gasteiger partial charge in [0.15, 0.2) is 0 Å². The fourth-order valence-electron chi connectivity index (χ4n) is 3.77. The van der Waals surface area contributed by atoms with Crippen molar-refractivity contribution >= 4 is 45.6 Å². The van der Waals surface area contributed by atoms with E-state index in [0.717, 1.165) is 16.5 Å². The van der Waals surface area contributed by atoms with Crippen LogP contribution in [0.25, 0.3) is 21.9 Å². The number of rotatable bonds is 7. The number of urea groups is 1. The van der Waals surface area contributed by atoms with Crippen LogP contribution >= 0.6 is 0 Å². The van der Waals surface area contributed by atoms with E-state index in [9.17, 15) is 14.7 Å². The van der Waals surface area contributed by atoms with E-state index in [1.165, 1.54) is 0 Å². The molecule has 0 saturated heterocycles. The van der Waals surface area contributed by atoms with Crippen LogP contribution < -0.4 is 21.1 Å². The van der Waals surface area contributed by atoms with Gasteiger partial charge in [0.2, 0.25) is 11.8 Å². The zero-order valence-electron chi connectivity index (χ0n) is 18.3. The van der Waals surface area contributed by atoms with Crippen molar-refractivity contribution in [2.75, 3.05) is 11.1 Å². The fraction of sp³-hybridized carbons (Fsp3) is 0.0833. The van der Waals surface area contributed by atoms with E-state index in [4.69, 9.17) is 10.5 Å². The zero-order chi connectivity index (χ0) is 24.4. The summed E-state index contributed by atoms with van der Waals surface area (Å²) in [6.45, 7) is 0. The number of amides is 2. The minimum Gasteiger partial charge on any atom is -0.480 e. The molecule has 0 aliphatic rings. The number of anilines is 2. The number of benzene rings is 2. The Hall–Kier alpha value is -5.06. The van der Waals surface area contributed by atoms with Gasteiger partial charge in [-0.3, -0.25) is 0 Å². The summed E-state index contributed by atoms with van der Waals surface area (Å²) in [7, 11) is 0. The summed E-state index contributed by atoms with van der Waals surface area (Å²) in [4.78, 5) is 38.5. The third-order valence-corrected chi connectivity index (χ3v) is 5.43. The lowest BCUT2D eigenvalue weighted by molar-refractivity contribution is -0.139. The van der Waals surface area contributed by atoms with E-state index in [2.05, 4.69) is 30.6 Å². The normalized spacial score (nSPS) is 11.9. The van der Waals surface area contributed by atoms with E-state index >= 15 is 0 Å². The summed E-state index contributed by atoms with van der Waals surface area (Å²) in [5.74, 6) is -0.284. The number of H-pyrrole nitrogens is 2. The Kier molecular flexibility index (Phi) is 5.63. The highest BCUT2D eigenvalue weighted by atomic mass is 16.5. The Balaban J connectivity index is 1.23. The number of aliphatic carboxylic acids is 1. The summed E-state index contributed by atoms with van der Waals surface area (Å²) < 4.78 is 5.82. The van der Waals surface area contributed by atoms with Gasteiger partial charge in [-0.25, -0.2) is 9.59 Å². The molecule has 0 aliphatic carbocycles. The predicted molar refractivity (Wildman–Crippen MR) is 130 cm³/mol. The second kappa shape index (κ2) is 9.06. The van der Waals surface area contributed by atoms with E-state index in [1.54, 1.807) is 42.7 Å². The van der Waals surface area contributed by atoms with Gasteiger partial charge < -0.3 is 36.2 Å². The molecule has 1 atom stereocenters. The molecule has 0 aliphatic heterocycles. The van der Waals surface area contributed by atoms with Gasteiger partial charge in [-0.05, 0) is 42.0 Å². The third kappa shape index (κ3) is 4.69. The van der Waals surface area contributed by atoms with Crippen molar-refractivity contribution in [3.63, 3.8) is 0 Å². The van der Waals surface area contributed by atoms with Gasteiger partial charge in [0, 0.05) is 35.4 Å². The molecule has 176 valence electrons. The molecule has 0 spiro atoms. The number of nitrogen functional groups attached to an aromatic ring is 1. The maximum atomic E-state index is 12.5. The van der Waals surface area contributed by atoms with Crippen LogP contribution in [0.4, 0.5) is 16.4 Å². The van der Waals surface area contributed by atoms with Crippen molar-refractivity contribution < 1.29 is 19.4 Å². The highest BCUT2D eigenvalue weighted by molar-refractivity contribution is 5.93. The van der Waals surface area contributed by atoms with Gasteiger partial charge in [-0.2, -0.15) is 9.97 Å². The first-order chi connectivity index (χ1) is 17.0. The molecule has 3 heterocycles. The Morgan fingerprint density at radius 1 is 1.03 bits per heavy atom. The SMILES string of the molecule is Nc1nc(Oc2ccc(NC(=O)N[C@@H](Cc3c[nH]c4ccccc34)C(=O)O)cc2)c2cc[nH]c2n1. The van der Waals surface area contributed by atoms with Crippen LogP contribution in [0.2, 0.25) is 0 Å². The van der Waals surface area contributed by atoms with Gasteiger partial charge in [0.25, 0.3) is 0 Å². The van der Waals surface area contributed by atoms with E-state index in [1.807, 2.05) is 24.3 Å². The first kappa shape index (κ1) is 21.8. The van der Waals surface area contributed by atoms with Gasteiger partial charge in [-0.15, -0.1) is 0 Å². The number of aromatic nitrogens is 4. The standard InChI is InChI=1S/C24H21N7O4/c25-23-30-20-17(9-10-26-20)21(31-23)35-15-7-5-14(6-8-15)28-24(34)29-19(22(32)33)11-13-12-27-18-4-2-1-3-16(13)18/h1-10,12,19,27H,11H2,(H,32,33)(H2,28,29,34)(H3,25,26,30,31)/t19-/m0/s1. The molecule has 0 unspecified atom stereocenters. The second-order valence-electron chi connectivity index (χ2n) is 7.81. The molecule has 11 nitrogen and oxygen atoms in total. The topological polar surface area (TPSA) is 171 Å². The number of carbonyl (C=O) groups excluding carboxylic acids is 1. The van der Waals surface area contributed by atoms with Crippen LogP contribution in [0.3, 0.4) is 0 Å². The number of nitrogens with one attached hydrogen (secondary N) is 4. The van der Waals surface area contributed by atoms with E-state index < -0.39 is 18.0 Å². The van der Waals surface area contributed by atoms with Crippen LogP contribution in [0.5, 0.6) is 11.6 Å². The lowest BCUT2D eigenvalue weighted by Crippen LogP contribution is -2.44. The maximum Gasteiger partial charge on any atom is 0.326 e. The molecule has 2 amide bonds. The smallest absolute Gasteiger partial charge is 0.326 e. The molecule has 5 rings (SSSR count). The Morgan fingerprint density at radius 2 is 1.83 bits per heavy atom. The number of fused-ring (bicyclic) bond motifs is 2. The minimum atomic E-state index is -1.13. The maximum absolute atomic E-state index is 12.5. The highest BCUT2D eigenvalue weighted by Crippen LogP contribution is 2.28. The third-order valence-electron chi connectivity index (χ3n) is 5.43. The molecule has 0 bridgehead atoms. The van der Waals surface area contributed by atoms with E-state index in [-0.39, 0.29) is 12.4 Å². The van der Waals surface area contributed by atoms with Gasteiger partial charge in [0.05, 0.1) is 5.39 Å². The van der Waals surface area contributed by atoms with Crippen molar-refractivity contribution in [3.05, 3.63) is 72.6 Å². The lowest BCUT2D eigenvalue weighted by Gasteiger charge is -2.15. The quantitative estimate of drug-likeness (QED) is 0.210. The number of ether oxygens (including phenoxy) is 1. The van der Waals surface area contributed by atoms with Crippen LogP contribution in [0.1, 0.15) is 5.56 Å². The number of carbonyl (C=O) groups is 2. The summed E-state index contributed by atoms with van der Waals surface area (Å²) in [6.07, 6.45) is 3.60. The number of carboxylic acids is 1. The monoisotopic (exact) mass is 471 g/mol. The molecular weight excluding hydrogens is 450 g/mol. The molecule has 2 aromatic carbocycles. The number of nitrogens with zero attached hydrogens (tertiary/aromatic N) is 2. The van der Waals surface area contributed by atoms with Crippen molar-refractivity contribution in [1.29, 1.82) is 0 Å². The average Bonchev–Trinajstić information content (AvgIpc) is 3.47. The van der Waals surface area contributed by atoms with Crippen molar-refractivity contribution in [2.24, 2.45) is 0 Å². The molecular formula is C24H21N7O4. The average molecular weight is 471 g/mol. The molecule has 11 heteroatoms. The molecule has 5 aromatic rings. The number of nitrogens with two attached hydrogens (primary N) is 1. The molecule has 0 radical (unpaired) electrons. The Morgan fingerprint density at radius 3 is 2.63 bits per heavy atom. The lowest BCUT2D eigenvalue weighted by atomic mass is 10.1.